The SMILES string of the molecule is COc1cc(C)c(S(=O)(=O)N(C)CCOCC(=O)N(C)Cc2cccc(CCCN(C)C)n2)c(C)c1. The van der Waals surface area contributed by atoms with E-state index in [4.69, 9.17) is 9.47 Å². The summed E-state index contributed by atoms with van der Waals surface area (Å²) in [5.41, 5.74) is 3.07. The molecule has 10 heteroatoms. The van der Waals surface area contributed by atoms with Crippen LogP contribution in [0.3, 0.4) is 0 Å². The van der Waals surface area contributed by atoms with Crippen molar-refractivity contribution in [2.75, 3.05) is 61.6 Å². The Bertz CT molecular complexity index is 1100. The maximum atomic E-state index is 13.1. The molecular weight excluding hydrogens is 480 g/mol. The molecule has 36 heavy (non-hydrogen) atoms. The van der Waals surface area contributed by atoms with Gasteiger partial charge in [-0.05, 0) is 82.7 Å². The first kappa shape index (κ1) is 29.7. The minimum absolute atomic E-state index is 0.100. The van der Waals surface area contributed by atoms with Crippen molar-refractivity contribution in [2.45, 2.75) is 38.1 Å². The highest BCUT2D eigenvalue weighted by atomic mass is 32.2. The molecule has 0 spiro atoms. The summed E-state index contributed by atoms with van der Waals surface area (Å²) in [7, 11) is 5.15. The first-order chi connectivity index (χ1) is 16.9. The Balaban J connectivity index is 1.84. The average molecular weight is 521 g/mol. The number of nitrogens with zero attached hydrogens (tertiary/aromatic N) is 4. The van der Waals surface area contributed by atoms with E-state index in [0.29, 0.717) is 23.4 Å². The lowest BCUT2D eigenvalue weighted by atomic mass is 10.1. The standard InChI is InChI=1S/C26H40N4O5S/c1-20-16-24(34-7)17-21(2)26(20)36(32,33)30(6)14-15-35-19-25(31)29(5)18-23-11-8-10-22(27-23)12-9-13-28(3)4/h8,10-11,16-17H,9,12-15,18-19H2,1-7H3. The van der Waals surface area contributed by atoms with Crippen LogP contribution < -0.4 is 4.74 Å². The first-order valence-corrected chi connectivity index (χ1v) is 13.4. The third-order valence-electron chi connectivity index (χ3n) is 5.84. The van der Waals surface area contributed by atoms with Crippen LogP contribution in [-0.4, -0.2) is 95.0 Å². The number of sulfonamides is 1. The molecule has 2 rings (SSSR count). The molecule has 0 radical (unpaired) electrons. The molecule has 2 aromatic rings. The zero-order chi connectivity index (χ0) is 26.9. The van der Waals surface area contributed by atoms with Gasteiger partial charge in [-0.3, -0.25) is 9.78 Å². The van der Waals surface area contributed by atoms with Crippen LogP contribution in [0.25, 0.3) is 0 Å². The lowest BCUT2D eigenvalue weighted by Crippen LogP contribution is -2.34. The Labute approximate surface area is 216 Å². The summed E-state index contributed by atoms with van der Waals surface area (Å²) in [6.45, 7) is 4.97. The minimum Gasteiger partial charge on any atom is -0.497 e. The molecular formula is C26H40N4O5S. The third-order valence-corrected chi connectivity index (χ3v) is 8.00. The maximum absolute atomic E-state index is 13.1. The van der Waals surface area contributed by atoms with Gasteiger partial charge in [-0.2, -0.15) is 4.31 Å². The van der Waals surface area contributed by atoms with Crippen molar-refractivity contribution >= 4 is 15.9 Å². The van der Waals surface area contributed by atoms with Crippen molar-refractivity contribution in [1.29, 1.82) is 0 Å². The van der Waals surface area contributed by atoms with Gasteiger partial charge in [0.15, 0.2) is 0 Å². The van der Waals surface area contributed by atoms with Crippen molar-refractivity contribution in [2.24, 2.45) is 0 Å². The van der Waals surface area contributed by atoms with Gasteiger partial charge in [0.25, 0.3) is 0 Å². The molecule has 0 bridgehead atoms. The second kappa shape index (κ2) is 13.7. The molecule has 0 fully saturated rings. The number of aromatic nitrogens is 1. The van der Waals surface area contributed by atoms with Crippen LogP contribution >= 0.6 is 0 Å². The number of hydrogen-bond acceptors (Lipinski definition) is 7. The number of carbonyl (C=O) groups is 1. The predicted molar refractivity (Wildman–Crippen MR) is 141 cm³/mol. The smallest absolute Gasteiger partial charge is 0.248 e. The first-order valence-electron chi connectivity index (χ1n) is 12.0. The summed E-state index contributed by atoms with van der Waals surface area (Å²) >= 11 is 0. The number of amides is 1. The van der Waals surface area contributed by atoms with Crippen LogP contribution in [0.2, 0.25) is 0 Å². The van der Waals surface area contributed by atoms with Gasteiger partial charge in [0.1, 0.15) is 12.4 Å². The molecule has 0 aliphatic heterocycles. The van der Waals surface area contributed by atoms with Gasteiger partial charge in [0.2, 0.25) is 15.9 Å². The number of pyridine rings is 1. The average Bonchev–Trinajstić information content (AvgIpc) is 2.80. The van der Waals surface area contributed by atoms with Crippen molar-refractivity contribution in [1.82, 2.24) is 19.1 Å². The van der Waals surface area contributed by atoms with E-state index in [1.165, 1.54) is 11.4 Å². The predicted octanol–water partition coefficient (Wildman–Crippen LogP) is 2.50. The van der Waals surface area contributed by atoms with Crippen LogP contribution in [-0.2, 0) is 32.5 Å². The Hall–Kier alpha value is -2.53. The molecule has 200 valence electrons. The molecule has 1 amide bonds. The van der Waals surface area contributed by atoms with E-state index in [9.17, 15) is 13.2 Å². The molecule has 0 atom stereocenters. The van der Waals surface area contributed by atoms with E-state index in [1.54, 1.807) is 45.0 Å². The van der Waals surface area contributed by atoms with Gasteiger partial charge in [-0.1, -0.05) is 6.07 Å². The summed E-state index contributed by atoms with van der Waals surface area (Å²) < 4.78 is 38.1. The van der Waals surface area contributed by atoms with E-state index in [1.807, 2.05) is 32.3 Å². The number of carbonyl (C=O) groups excluding carboxylic acids is 1. The Morgan fingerprint density at radius 1 is 1.00 bits per heavy atom. The fraction of sp³-hybridized carbons (Fsp3) is 0.538. The number of aryl methyl sites for hydroxylation is 3. The lowest BCUT2D eigenvalue weighted by Gasteiger charge is -2.21. The summed E-state index contributed by atoms with van der Waals surface area (Å²) in [5, 5.41) is 0. The fourth-order valence-corrected chi connectivity index (χ4v) is 5.40. The number of rotatable bonds is 14. The number of ether oxygens (including phenoxy) is 2. The highest BCUT2D eigenvalue weighted by Crippen LogP contribution is 2.27. The van der Waals surface area contributed by atoms with Crippen molar-refractivity contribution in [3.63, 3.8) is 0 Å². The molecule has 0 aliphatic carbocycles. The topological polar surface area (TPSA) is 92.3 Å². The summed E-state index contributed by atoms with van der Waals surface area (Å²) in [6, 6.07) is 9.28. The fourth-order valence-electron chi connectivity index (χ4n) is 3.84. The van der Waals surface area contributed by atoms with Gasteiger partial charge >= 0.3 is 0 Å². The van der Waals surface area contributed by atoms with Crippen molar-refractivity contribution < 1.29 is 22.7 Å². The van der Waals surface area contributed by atoms with Gasteiger partial charge in [0.05, 0.1) is 30.9 Å². The normalized spacial score (nSPS) is 11.8. The zero-order valence-corrected chi connectivity index (χ0v) is 23.4. The highest BCUT2D eigenvalue weighted by molar-refractivity contribution is 7.89. The quantitative estimate of drug-likeness (QED) is 0.354. The molecule has 0 aliphatic rings. The number of benzene rings is 1. The lowest BCUT2D eigenvalue weighted by molar-refractivity contribution is -0.135. The van der Waals surface area contributed by atoms with Crippen LogP contribution in [0, 0.1) is 13.8 Å². The van der Waals surface area contributed by atoms with E-state index in [0.717, 1.165) is 30.8 Å². The molecule has 1 heterocycles. The largest absolute Gasteiger partial charge is 0.497 e. The summed E-state index contributed by atoms with van der Waals surface area (Å²) in [6.07, 6.45) is 1.91. The van der Waals surface area contributed by atoms with Crippen molar-refractivity contribution in [3.8, 4) is 5.75 Å². The van der Waals surface area contributed by atoms with E-state index < -0.39 is 10.0 Å². The van der Waals surface area contributed by atoms with Crippen LogP contribution in [0.1, 0.15) is 28.9 Å². The number of hydrogen-bond donors (Lipinski definition) is 0. The van der Waals surface area contributed by atoms with Gasteiger partial charge in [-0.25, -0.2) is 8.42 Å². The second-order valence-corrected chi connectivity index (χ2v) is 11.2. The Kier molecular flexibility index (Phi) is 11.3. The van der Waals surface area contributed by atoms with E-state index >= 15 is 0 Å². The minimum atomic E-state index is -3.71. The highest BCUT2D eigenvalue weighted by Gasteiger charge is 2.25. The van der Waals surface area contributed by atoms with Crippen LogP contribution in [0.4, 0.5) is 0 Å². The van der Waals surface area contributed by atoms with Gasteiger partial charge < -0.3 is 19.3 Å². The van der Waals surface area contributed by atoms with Gasteiger partial charge in [0, 0.05) is 26.3 Å². The van der Waals surface area contributed by atoms with E-state index in [2.05, 4.69) is 9.88 Å². The molecule has 1 aromatic carbocycles. The van der Waals surface area contributed by atoms with Crippen LogP contribution in [0.15, 0.2) is 35.2 Å². The molecule has 1 aromatic heterocycles. The molecule has 0 N–H and O–H groups in total. The number of methoxy groups -OCH3 is 1. The number of likely N-dealkylation sites (N-methyl/N-ethyl adjacent to an activating group) is 2. The molecule has 0 saturated heterocycles. The molecule has 0 saturated carbocycles. The Morgan fingerprint density at radius 3 is 2.25 bits per heavy atom. The molecule has 0 unspecified atom stereocenters. The van der Waals surface area contributed by atoms with Crippen LogP contribution in [0.5, 0.6) is 5.75 Å². The summed E-state index contributed by atoms with van der Waals surface area (Å²) in [4.78, 5) is 21.1. The monoisotopic (exact) mass is 520 g/mol. The van der Waals surface area contributed by atoms with E-state index in [-0.39, 0.29) is 30.6 Å². The second-order valence-electron chi connectivity index (χ2n) is 9.25. The maximum Gasteiger partial charge on any atom is 0.248 e. The zero-order valence-electron chi connectivity index (χ0n) is 22.6. The van der Waals surface area contributed by atoms with Gasteiger partial charge in [-0.15, -0.1) is 0 Å². The third kappa shape index (κ3) is 8.55. The Morgan fingerprint density at radius 2 is 1.64 bits per heavy atom. The summed E-state index contributed by atoms with van der Waals surface area (Å²) in [5.74, 6) is 0.422. The van der Waals surface area contributed by atoms with Crippen molar-refractivity contribution in [3.05, 3.63) is 52.8 Å². The molecule has 9 nitrogen and oxygen atoms in total.